The Labute approximate surface area is 113 Å². The molecule has 1 aliphatic carbocycles. The SMILES string of the molecule is O=C(CSc1nnnn1C1CC1)Nc1ccccn1. The molecule has 1 saturated carbocycles. The van der Waals surface area contributed by atoms with Crippen molar-refractivity contribution in [1.29, 1.82) is 0 Å². The van der Waals surface area contributed by atoms with Gasteiger partial charge in [-0.05, 0) is 35.4 Å². The molecule has 0 bridgehead atoms. The molecule has 98 valence electrons. The number of carbonyl (C=O) groups excluding carboxylic acids is 1. The molecule has 19 heavy (non-hydrogen) atoms. The fraction of sp³-hybridized carbons (Fsp3) is 0.364. The molecule has 0 aliphatic heterocycles. The molecule has 0 unspecified atom stereocenters. The first-order valence-corrected chi connectivity index (χ1v) is 6.93. The monoisotopic (exact) mass is 276 g/mol. The maximum Gasteiger partial charge on any atom is 0.236 e. The number of nitrogens with one attached hydrogen (secondary N) is 1. The summed E-state index contributed by atoms with van der Waals surface area (Å²) in [7, 11) is 0. The Morgan fingerprint density at radius 2 is 2.37 bits per heavy atom. The highest BCUT2D eigenvalue weighted by Gasteiger charge is 2.28. The average Bonchev–Trinajstić information content (AvgIpc) is 3.16. The van der Waals surface area contributed by atoms with Crippen LogP contribution in [0, 0.1) is 0 Å². The molecular weight excluding hydrogens is 264 g/mol. The third-order valence-corrected chi connectivity index (χ3v) is 3.55. The molecule has 1 amide bonds. The summed E-state index contributed by atoms with van der Waals surface area (Å²) in [5, 5.41) is 14.9. The van der Waals surface area contributed by atoms with Crippen LogP contribution in [0.5, 0.6) is 0 Å². The predicted molar refractivity (Wildman–Crippen MR) is 69.7 cm³/mol. The summed E-state index contributed by atoms with van der Waals surface area (Å²) < 4.78 is 1.79. The standard InChI is InChI=1S/C11H12N6OS/c18-10(13-9-3-1-2-6-12-9)7-19-11-14-15-16-17(11)8-4-5-8/h1-3,6,8H,4-5,7H2,(H,12,13,18). The molecule has 0 radical (unpaired) electrons. The lowest BCUT2D eigenvalue weighted by Gasteiger charge is -2.04. The van der Waals surface area contributed by atoms with Crippen LogP contribution in [0.15, 0.2) is 29.6 Å². The molecule has 2 aromatic heterocycles. The minimum absolute atomic E-state index is 0.117. The highest BCUT2D eigenvalue weighted by molar-refractivity contribution is 7.99. The number of carbonyl (C=O) groups is 1. The van der Waals surface area contributed by atoms with Crippen molar-refractivity contribution in [1.82, 2.24) is 25.2 Å². The van der Waals surface area contributed by atoms with Crippen LogP contribution in [-0.2, 0) is 4.79 Å². The van der Waals surface area contributed by atoms with Gasteiger partial charge in [0.1, 0.15) is 5.82 Å². The van der Waals surface area contributed by atoms with Gasteiger partial charge in [0.05, 0.1) is 11.8 Å². The number of tetrazole rings is 1. The van der Waals surface area contributed by atoms with E-state index in [2.05, 4.69) is 25.8 Å². The van der Waals surface area contributed by atoms with Gasteiger partial charge in [-0.3, -0.25) is 4.79 Å². The largest absolute Gasteiger partial charge is 0.310 e. The van der Waals surface area contributed by atoms with Crippen LogP contribution < -0.4 is 5.32 Å². The van der Waals surface area contributed by atoms with Crippen LogP contribution in [0.25, 0.3) is 0 Å². The maximum absolute atomic E-state index is 11.8. The zero-order chi connectivity index (χ0) is 13.1. The van der Waals surface area contributed by atoms with Crippen molar-refractivity contribution in [2.75, 3.05) is 11.1 Å². The Morgan fingerprint density at radius 3 is 3.11 bits per heavy atom. The van der Waals surface area contributed by atoms with Crippen molar-refractivity contribution in [3.8, 4) is 0 Å². The summed E-state index contributed by atoms with van der Waals surface area (Å²) in [5.74, 6) is 0.702. The van der Waals surface area contributed by atoms with Gasteiger partial charge in [0, 0.05) is 6.20 Å². The lowest BCUT2D eigenvalue weighted by molar-refractivity contribution is -0.113. The van der Waals surface area contributed by atoms with E-state index in [4.69, 9.17) is 0 Å². The molecular formula is C11H12N6OS. The zero-order valence-electron chi connectivity index (χ0n) is 10.1. The van der Waals surface area contributed by atoms with Crippen LogP contribution in [0.4, 0.5) is 5.82 Å². The summed E-state index contributed by atoms with van der Waals surface area (Å²) in [6, 6.07) is 5.78. The first kappa shape index (κ1) is 12.1. The van der Waals surface area contributed by atoms with Gasteiger partial charge in [-0.1, -0.05) is 17.8 Å². The van der Waals surface area contributed by atoms with Crippen LogP contribution in [0.2, 0.25) is 0 Å². The summed E-state index contributed by atoms with van der Waals surface area (Å²) in [4.78, 5) is 15.8. The topological polar surface area (TPSA) is 85.6 Å². The molecule has 0 saturated heterocycles. The lowest BCUT2D eigenvalue weighted by Crippen LogP contribution is -2.15. The fourth-order valence-electron chi connectivity index (χ4n) is 1.57. The van der Waals surface area contributed by atoms with Gasteiger partial charge in [-0.15, -0.1) is 5.10 Å². The summed E-state index contributed by atoms with van der Waals surface area (Å²) >= 11 is 1.34. The first-order valence-electron chi connectivity index (χ1n) is 5.94. The Morgan fingerprint density at radius 1 is 1.47 bits per heavy atom. The van der Waals surface area contributed by atoms with Crippen LogP contribution in [-0.4, -0.2) is 36.9 Å². The number of pyridine rings is 1. The van der Waals surface area contributed by atoms with Gasteiger partial charge in [0.2, 0.25) is 11.1 Å². The van der Waals surface area contributed by atoms with Crippen molar-refractivity contribution < 1.29 is 4.79 Å². The smallest absolute Gasteiger partial charge is 0.236 e. The lowest BCUT2D eigenvalue weighted by atomic mass is 10.4. The number of thioether (sulfide) groups is 1. The number of hydrogen-bond acceptors (Lipinski definition) is 6. The summed E-state index contributed by atoms with van der Waals surface area (Å²) in [6.07, 6.45) is 3.86. The molecule has 1 fully saturated rings. The number of aromatic nitrogens is 5. The molecule has 1 aliphatic rings. The zero-order valence-corrected chi connectivity index (χ0v) is 10.9. The fourth-order valence-corrected chi connectivity index (χ4v) is 2.32. The molecule has 0 atom stereocenters. The molecule has 7 nitrogen and oxygen atoms in total. The summed E-state index contributed by atoms with van der Waals surface area (Å²) in [6.45, 7) is 0. The highest BCUT2D eigenvalue weighted by Crippen LogP contribution is 2.36. The van der Waals surface area contributed by atoms with Crippen molar-refractivity contribution >= 4 is 23.5 Å². The van der Waals surface area contributed by atoms with E-state index in [0.717, 1.165) is 12.8 Å². The molecule has 1 N–H and O–H groups in total. The van der Waals surface area contributed by atoms with Crippen molar-refractivity contribution in [2.24, 2.45) is 0 Å². The maximum atomic E-state index is 11.8. The highest BCUT2D eigenvalue weighted by atomic mass is 32.2. The third-order valence-electron chi connectivity index (χ3n) is 2.62. The second-order valence-electron chi connectivity index (χ2n) is 4.19. The van der Waals surface area contributed by atoms with Gasteiger partial charge in [-0.2, -0.15) is 0 Å². The van der Waals surface area contributed by atoms with Crippen LogP contribution in [0.3, 0.4) is 0 Å². The third kappa shape index (κ3) is 3.08. The van der Waals surface area contributed by atoms with E-state index in [-0.39, 0.29) is 11.7 Å². The van der Waals surface area contributed by atoms with E-state index in [0.29, 0.717) is 17.0 Å². The number of anilines is 1. The number of amides is 1. The normalized spacial score (nSPS) is 14.3. The van der Waals surface area contributed by atoms with Gasteiger partial charge in [0.25, 0.3) is 0 Å². The van der Waals surface area contributed by atoms with E-state index < -0.39 is 0 Å². The molecule has 2 aromatic rings. The number of nitrogens with zero attached hydrogens (tertiary/aromatic N) is 5. The number of hydrogen-bond donors (Lipinski definition) is 1. The molecule has 8 heteroatoms. The van der Waals surface area contributed by atoms with Crippen LogP contribution >= 0.6 is 11.8 Å². The van der Waals surface area contributed by atoms with E-state index in [1.807, 2.05) is 6.07 Å². The predicted octanol–water partition coefficient (Wildman–Crippen LogP) is 1.13. The Kier molecular flexibility index (Phi) is 3.41. The van der Waals surface area contributed by atoms with E-state index in [9.17, 15) is 4.79 Å². The molecule has 0 spiro atoms. The van der Waals surface area contributed by atoms with Crippen molar-refractivity contribution in [3.05, 3.63) is 24.4 Å². The average molecular weight is 276 g/mol. The van der Waals surface area contributed by atoms with E-state index in [1.54, 1.807) is 23.0 Å². The van der Waals surface area contributed by atoms with E-state index >= 15 is 0 Å². The van der Waals surface area contributed by atoms with Gasteiger partial charge < -0.3 is 5.32 Å². The minimum atomic E-state index is -0.117. The quantitative estimate of drug-likeness (QED) is 0.824. The van der Waals surface area contributed by atoms with Gasteiger partial charge in [-0.25, -0.2) is 9.67 Å². The van der Waals surface area contributed by atoms with Crippen LogP contribution in [0.1, 0.15) is 18.9 Å². The molecule has 2 heterocycles. The Hall–Kier alpha value is -1.96. The van der Waals surface area contributed by atoms with Gasteiger partial charge >= 0.3 is 0 Å². The second kappa shape index (κ2) is 5.35. The van der Waals surface area contributed by atoms with E-state index in [1.165, 1.54) is 11.8 Å². The molecule has 0 aromatic carbocycles. The Bertz CT molecular complexity index is 568. The summed E-state index contributed by atoms with van der Waals surface area (Å²) in [5.41, 5.74) is 0. The van der Waals surface area contributed by atoms with Crippen molar-refractivity contribution in [2.45, 2.75) is 24.0 Å². The Balaban J connectivity index is 1.54. The first-order chi connectivity index (χ1) is 9.33. The minimum Gasteiger partial charge on any atom is -0.310 e. The second-order valence-corrected chi connectivity index (χ2v) is 5.13. The van der Waals surface area contributed by atoms with Crippen molar-refractivity contribution in [3.63, 3.8) is 0 Å². The van der Waals surface area contributed by atoms with Gasteiger partial charge in [0.15, 0.2) is 0 Å². The number of rotatable bonds is 5. The molecule has 3 rings (SSSR count).